The third-order valence-corrected chi connectivity index (χ3v) is 9.66. The Kier molecular flexibility index (Phi) is 8.28. The third kappa shape index (κ3) is 6.85. The van der Waals surface area contributed by atoms with Crippen LogP contribution in [0.1, 0.15) is 11.9 Å². The molecule has 3 aromatic rings. The van der Waals surface area contributed by atoms with Crippen LogP contribution < -0.4 is 11.1 Å². The zero-order valence-electron chi connectivity index (χ0n) is 20.7. The van der Waals surface area contributed by atoms with E-state index in [-0.39, 0.29) is 27.6 Å². The number of hydrogen-bond donors (Lipinski definition) is 8. The zero-order valence-corrected chi connectivity index (χ0v) is 24.2. The van der Waals surface area contributed by atoms with Crippen molar-refractivity contribution in [2.45, 2.75) is 37.8 Å². The monoisotopic (exact) mass is 674 g/mol. The SMILES string of the molecule is Cc1cc(NC(=O)C2OC3C(COP(=O)(O)OP(=O)(O)OP(=O)(O)O)OC(n4cnc5c(=S)nc(N)[nH]c54)C3O2)n[nH]1. The lowest BCUT2D eigenvalue weighted by Crippen LogP contribution is -2.34. The molecule has 9 N–H and O–H groups in total. The smallest absolute Gasteiger partial charge is 0.369 e. The number of aryl methyl sites for hydroxylation is 1. The number of imidazole rings is 1. The molecule has 22 nitrogen and oxygen atoms in total. The highest BCUT2D eigenvalue weighted by Gasteiger charge is 2.56. The summed E-state index contributed by atoms with van der Waals surface area (Å²) in [5.41, 5.74) is 6.92. The number of carbonyl (C=O) groups is 1. The van der Waals surface area contributed by atoms with E-state index in [9.17, 15) is 28.3 Å². The molecule has 2 fully saturated rings. The van der Waals surface area contributed by atoms with Gasteiger partial charge in [0.1, 0.15) is 29.5 Å². The standard InChI is InChI=1S/C16H21N8O14P3S/c1-5-2-7(23-22-5)19-12(25)15-35-9-6(3-33-40(29,30)38-41(31,32)37-39(26,27)28)34-14(10(9)36-15)24-4-18-8-11(24)20-16(17)21-13(8)42/h2,4,6,9-10,14-15H,3H2,1H3,(H,29,30)(H,31,32)(H2,26,27,28)(H3,17,20,21,42)(H2,19,22,23,25). The van der Waals surface area contributed by atoms with Gasteiger partial charge >= 0.3 is 23.5 Å². The highest BCUT2D eigenvalue weighted by atomic mass is 32.1. The van der Waals surface area contributed by atoms with Gasteiger partial charge in [-0.1, -0.05) is 12.2 Å². The van der Waals surface area contributed by atoms with E-state index in [1.807, 2.05) is 0 Å². The molecule has 7 atom stereocenters. The van der Waals surface area contributed by atoms with Crippen molar-refractivity contribution in [1.29, 1.82) is 0 Å². The first-order valence-electron chi connectivity index (χ1n) is 11.3. The number of rotatable bonds is 10. The van der Waals surface area contributed by atoms with Crippen LogP contribution in [0.15, 0.2) is 12.4 Å². The molecule has 5 rings (SSSR count). The lowest BCUT2D eigenvalue weighted by molar-refractivity contribution is -0.166. The minimum Gasteiger partial charge on any atom is -0.369 e. The van der Waals surface area contributed by atoms with Crippen molar-refractivity contribution in [3.8, 4) is 0 Å². The van der Waals surface area contributed by atoms with E-state index in [1.54, 1.807) is 13.0 Å². The Balaban J connectivity index is 1.38. The second-order valence-corrected chi connectivity index (χ2v) is 13.5. The fourth-order valence-corrected chi connectivity index (χ4v) is 7.38. The minimum atomic E-state index is -5.77. The van der Waals surface area contributed by atoms with Gasteiger partial charge in [-0.05, 0) is 6.92 Å². The molecule has 7 unspecified atom stereocenters. The van der Waals surface area contributed by atoms with Gasteiger partial charge in [0.15, 0.2) is 22.6 Å². The number of nitrogens with zero attached hydrogens (tertiary/aromatic N) is 4. The van der Waals surface area contributed by atoms with Gasteiger partial charge in [0.25, 0.3) is 5.91 Å². The average molecular weight is 674 g/mol. The number of phosphoric ester groups is 1. The molecular weight excluding hydrogens is 653 g/mol. The number of nitrogens with two attached hydrogens (primary N) is 1. The van der Waals surface area contributed by atoms with E-state index in [1.165, 1.54) is 10.9 Å². The van der Waals surface area contributed by atoms with Crippen molar-refractivity contribution in [1.82, 2.24) is 29.7 Å². The number of fused-ring (bicyclic) bond motifs is 2. The Hall–Kier alpha value is -2.46. The van der Waals surface area contributed by atoms with Gasteiger partial charge in [0.2, 0.25) is 6.29 Å². The van der Waals surface area contributed by atoms with Crippen LogP contribution in [-0.2, 0) is 45.8 Å². The lowest BCUT2D eigenvalue weighted by Gasteiger charge is -2.22. The number of anilines is 2. The number of aromatic amines is 2. The molecule has 2 aliphatic heterocycles. The van der Waals surface area contributed by atoms with E-state index in [0.717, 1.165) is 0 Å². The molecule has 5 heterocycles. The molecule has 2 aliphatic rings. The second kappa shape index (κ2) is 11.2. The molecule has 2 saturated heterocycles. The zero-order chi connectivity index (χ0) is 30.6. The Morgan fingerprint density at radius 2 is 1.88 bits per heavy atom. The number of H-pyrrole nitrogens is 2. The molecule has 3 aromatic heterocycles. The number of hydrogen-bond acceptors (Lipinski definition) is 15. The Bertz CT molecular complexity index is 1720. The minimum absolute atomic E-state index is 0.0526. The van der Waals surface area contributed by atoms with Crippen LogP contribution in [0.2, 0.25) is 0 Å². The number of nitrogens with one attached hydrogen (secondary N) is 3. The predicted molar refractivity (Wildman–Crippen MR) is 136 cm³/mol. The molecule has 230 valence electrons. The number of carbonyl (C=O) groups excluding carboxylic acids is 1. The van der Waals surface area contributed by atoms with Gasteiger partial charge in [-0.15, -0.1) is 0 Å². The van der Waals surface area contributed by atoms with Crippen LogP contribution in [0.4, 0.5) is 11.8 Å². The maximum absolute atomic E-state index is 12.9. The van der Waals surface area contributed by atoms with Gasteiger partial charge in [-0.2, -0.15) is 13.7 Å². The summed E-state index contributed by atoms with van der Waals surface area (Å²) < 4.78 is 65.9. The van der Waals surface area contributed by atoms with Gasteiger partial charge in [0, 0.05) is 11.8 Å². The Morgan fingerprint density at radius 1 is 1.17 bits per heavy atom. The Morgan fingerprint density at radius 3 is 2.55 bits per heavy atom. The summed E-state index contributed by atoms with van der Waals surface area (Å²) in [5.74, 6) is -0.636. The lowest BCUT2D eigenvalue weighted by atomic mass is 10.1. The third-order valence-electron chi connectivity index (χ3n) is 5.58. The first kappa shape index (κ1) is 31.0. The van der Waals surface area contributed by atoms with Crippen LogP contribution in [0.3, 0.4) is 0 Å². The van der Waals surface area contributed by atoms with Gasteiger partial charge < -0.3 is 49.8 Å². The molecule has 0 aromatic carbocycles. The molecule has 26 heteroatoms. The topological polar surface area (TPSA) is 318 Å². The number of amides is 1. The summed E-state index contributed by atoms with van der Waals surface area (Å²) in [6.07, 6.45) is -4.95. The molecular formula is C16H21N8O14P3S. The summed E-state index contributed by atoms with van der Waals surface area (Å²) in [6.45, 7) is 0.826. The van der Waals surface area contributed by atoms with E-state index in [0.29, 0.717) is 5.69 Å². The molecule has 0 radical (unpaired) electrons. The summed E-state index contributed by atoms with van der Waals surface area (Å²) in [4.78, 5) is 60.4. The van der Waals surface area contributed by atoms with Crippen LogP contribution in [0.25, 0.3) is 11.2 Å². The van der Waals surface area contributed by atoms with Crippen LogP contribution in [0.5, 0.6) is 0 Å². The van der Waals surface area contributed by atoms with Crippen molar-refractivity contribution >= 4 is 64.5 Å². The van der Waals surface area contributed by atoms with Crippen molar-refractivity contribution in [2.24, 2.45) is 0 Å². The number of phosphoric acid groups is 3. The van der Waals surface area contributed by atoms with E-state index in [2.05, 4.69) is 39.1 Å². The first-order chi connectivity index (χ1) is 19.5. The summed E-state index contributed by atoms with van der Waals surface area (Å²) >= 11 is 5.18. The molecule has 1 amide bonds. The molecule has 0 spiro atoms. The summed E-state index contributed by atoms with van der Waals surface area (Å²) in [5, 5.41) is 9.04. The molecule has 0 saturated carbocycles. The highest BCUT2D eigenvalue weighted by molar-refractivity contribution is 7.71. The maximum Gasteiger partial charge on any atom is 0.490 e. The number of ether oxygens (including phenoxy) is 3. The molecule has 42 heavy (non-hydrogen) atoms. The van der Waals surface area contributed by atoms with E-state index >= 15 is 0 Å². The van der Waals surface area contributed by atoms with Crippen molar-refractivity contribution in [3.05, 3.63) is 22.7 Å². The predicted octanol–water partition coefficient (Wildman–Crippen LogP) is 0.0921. The van der Waals surface area contributed by atoms with E-state index in [4.69, 9.17) is 46.5 Å². The largest absolute Gasteiger partial charge is 0.490 e. The molecule has 0 bridgehead atoms. The second-order valence-electron chi connectivity index (χ2n) is 8.69. The van der Waals surface area contributed by atoms with Crippen LogP contribution >= 0.6 is 35.7 Å². The van der Waals surface area contributed by atoms with Gasteiger partial charge in [-0.25, -0.2) is 23.7 Å². The number of nitrogen functional groups attached to an aromatic ring is 1. The van der Waals surface area contributed by atoms with Crippen molar-refractivity contribution in [3.63, 3.8) is 0 Å². The average Bonchev–Trinajstić information content (AvgIpc) is 3.59. The highest BCUT2D eigenvalue weighted by Crippen LogP contribution is 2.66. The quantitative estimate of drug-likeness (QED) is 0.104. The fraction of sp³-hybridized carbons (Fsp3) is 0.438. The first-order valence-corrected chi connectivity index (χ1v) is 16.2. The maximum atomic E-state index is 12.9. The fourth-order valence-electron chi connectivity index (χ4n) is 4.10. The van der Waals surface area contributed by atoms with Crippen LogP contribution in [0, 0.1) is 11.6 Å². The normalized spacial score (nSPS) is 27.0. The van der Waals surface area contributed by atoms with E-state index < -0.39 is 66.8 Å². The molecule has 0 aliphatic carbocycles. The van der Waals surface area contributed by atoms with Gasteiger partial charge in [-0.3, -0.25) is 19.0 Å². The van der Waals surface area contributed by atoms with Crippen LogP contribution in [-0.4, -0.2) is 86.4 Å². The summed E-state index contributed by atoms with van der Waals surface area (Å²) in [7, 11) is -16.9. The Labute approximate surface area is 237 Å². The number of aromatic nitrogens is 6. The summed E-state index contributed by atoms with van der Waals surface area (Å²) in [6, 6.07) is 1.54. The van der Waals surface area contributed by atoms with Crippen molar-refractivity contribution < 1.29 is 65.4 Å². The van der Waals surface area contributed by atoms with Crippen molar-refractivity contribution in [2.75, 3.05) is 17.7 Å². The van der Waals surface area contributed by atoms with Gasteiger partial charge in [0.05, 0.1) is 12.9 Å².